The molecule has 1 atom stereocenters. The molecular formula is C21H18F2N6O. The second kappa shape index (κ2) is 7.34. The van der Waals surface area contributed by atoms with Gasteiger partial charge in [-0.15, -0.1) is 0 Å². The van der Waals surface area contributed by atoms with Gasteiger partial charge in [0.1, 0.15) is 41.0 Å². The Hall–Kier alpha value is -3.59. The fourth-order valence-corrected chi connectivity index (χ4v) is 3.70. The van der Waals surface area contributed by atoms with E-state index in [0.717, 1.165) is 19.5 Å². The maximum absolute atomic E-state index is 15.1. The van der Waals surface area contributed by atoms with Crippen molar-refractivity contribution in [3.63, 3.8) is 0 Å². The smallest absolute Gasteiger partial charge is 0.164 e. The summed E-state index contributed by atoms with van der Waals surface area (Å²) in [6.07, 6.45) is 2.28. The number of hydrogen-bond donors (Lipinski definition) is 2. The number of nitrogens with one attached hydrogen (secondary N) is 1. The van der Waals surface area contributed by atoms with Crippen LogP contribution in [0.1, 0.15) is 12.5 Å². The van der Waals surface area contributed by atoms with E-state index >= 15 is 4.39 Å². The van der Waals surface area contributed by atoms with Crippen molar-refractivity contribution in [1.29, 1.82) is 0 Å². The number of anilines is 1. The third-order valence-electron chi connectivity index (χ3n) is 5.13. The molecule has 1 aliphatic rings. The van der Waals surface area contributed by atoms with E-state index in [9.17, 15) is 4.39 Å². The van der Waals surface area contributed by atoms with Crippen molar-refractivity contribution >= 4 is 16.9 Å². The summed E-state index contributed by atoms with van der Waals surface area (Å²) >= 11 is 0. The molecule has 2 aromatic carbocycles. The third-order valence-corrected chi connectivity index (χ3v) is 5.13. The van der Waals surface area contributed by atoms with Gasteiger partial charge in [0.2, 0.25) is 0 Å². The summed E-state index contributed by atoms with van der Waals surface area (Å²) in [5.74, 6) is -0.202. The Labute approximate surface area is 170 Å². The van der Waals surface area contributed by atoms with Crippen molar-refractivity contribution in [3.8, 4) is 22.8 Å². The highest BCUT2D eigenvalue weighted by Gasteiger charge is 2.25. The number of nitrogen functional groups attached to an aromatic ring is 1. The van der Waals surface area contributed by atoms with Gasteiger partial charge in [-0.3, -0.25) is 0 Å². The van der Waals surface area contributed by atoms with Crippen LogP contribution in [0.4, 0.5) is 14.6 Å². The third kappa shape index (κ3) is 3.22. The highest BCUT2D eigenvalue weighted by Crippen LogP contribution is 2.35. The second-order valence-electron chi connectivity index (χ2n) is 7.10. The molecule has 4 aromatic rings. The van der Waals surface area contributed by atoms with Gasteiger partial charge < -0.3 is 15.8 Å². The molecule has 3 heterocycles. The lowest BCUT2D eigenvalue weighted by Gasteiger charge is -2.09. The predicted molar refractivity (Wildman–Crippen MR) is 108 cm³/mol. The van der Waals surface area contributed by atoms with Crippen molar-refractivity contribution < 1.29 is 13.5 Å². The molecule has 9 heteroatoms. The first kappa shape index (κ1) is 18.4. The van der Waals surface area contributed by atoms with E-state index in [1.165, 1.54) is 30.6 Å². The zero-order valence-electron chi connectivity index (χ0n) is 15.8. The average Bonchev–Trinajstić information content (AvgIpc) is 3.37. The monoisotopic (exact) mass is 408 g/mol. The van der Waals surface area contributed by atoms with E-state index in [4.69, 9.17) is 10.5 Å². The molecule has 0 bridgehead atoms. The minimum atomic E-state index is -0.539. The van der Waals surface area contributed by atoms with Crippen molar-refractivity contribution in [2.75, 3.05) is 18.8 Å². The van der Waals surface area contributed by atoms with Crippen molar-refractivity contribution in [1.82, 2.24) is 25.1 Å². The van der Waals surface area contributed by atoms with Crippen LogP contribution in [0.15, 0.2) is 48.8 Å². The normalized spacial score (nSPS) is 16.3. The topological polar surface area (TPSA) is 90.9 Å². The number of nitrogens with two attached hydrogens (primary N) is 1. The minimum Gasteiger partial charge on any atom is -0.457 e. The fraction of sp³-hybridized carbons (Fsp3) is 0.190. The molecule has 0 aliphatic carbocycles. The standard InChI is InChI=1S/C21H18F2N6O/c22-12-2-1-3-14(8-12)30-15-4-5-16(17(23)9-15)19-18-20(24)26-11-27-21(18)29(28-19)13-6-7-25-10-13/h1-5,8-9,11,13,25H,6-7,10H2,(H2,24,26,27)/t13-/m1/s1. The number of nitrogens with zero attached hydrogens (tertiary/aromatic N) is 4. The van der Waals surface area contributed by atoms with Gasteiger partial charge in [0.25, 0.3) is 0 Å². The molecule has 1 saturated heterocycles. The lowest BCUT2D eigenvalue weighted by atomic mass is 10.1. The molecule has 5 rings (SSSR count). The Kier molecular flexibility index (Phi) is 4.51. The Morgan fingerprint density at radius 1 is 1.10 bits per heavy atom. The highest BCUT2D eigenvalue weighted by molar-refractivity contribution is 5.98. The zero-order valence-corrected chi connectivity index (χ0v) is 15.8. The molecule has 0 unspecified atom stereocenters. The lowest BCUT2D eigenvalue weighted by Crippen LogP contribution is -2.15. The molecule has 3 N–H and O–H groups in total. The Balaban J connectivity index is 1.57. The summed E-state index contributed by atoms with van der Waals surface area (Å²) in [4.78, 5) is 8.40. The van der Waals surface area contributed by atoms with Crippen LogP contribution in [0, 0.1) is 11.6 Å². The minimum absolute atomic E-state index is 0.106. The molecule has 1 fully saturated rings. The molecule has 0 spiro atoms. The number of aromatic nitrogens is 4. The van der Waals surface area contributed by atoms with E-state index in [2.05, 4.69) is 20.4 Å². The summed E-state index contributed by atoms with van der Waals surface area (Å²) in [5, 5.41) is 8.46. The highest BCUT2D eigenvalue weighted by atomic mass is 19.1. The van der Waals surface area contributed by atoms with Crippen LogP contribution in [-0.2, 0) is 0 Å². The average molecular weight is 408 g/mol. The quantitative estimate of drug-likeness (QED) is 0.535. The molecule has 0 saturated carbocycles. The molecule has 152 valence electrons. The molecule has 0 radical (unpaired) electrons. The van der Waals surface area contributed by atoms with Gasteiger partial charge >= 0.3 is 0 Å². The number of halogens is 2. The van der Waals surface area contributed by atoms with E-state index in [1.807, 2.05) is 0 Å². The van der Waals surface area contributed by atoms with Gasteiger partial charge in [-0.25, -0.2) is 23.4 Å². The molecule has 7 nitrogen and oxygen atoms in total. The summed E-state index contributed by atoms with van der Waals surface area (Å²) in [5.41, 5.74) is 7.32. The van der Waals surface area contributed by atoms with Gasteiger partial charge in [-0.05, 0) is 37.2 Å². The zero-order chi connectivity index (χ0) is 20.7. The van der Waals surface area contributed by atoms with Gasteiger partial charge in [0.15, 0.2) is 5.65 Å². The van der Waals surface area contributed by atoms with Gasteiger partial charge in [0.05, 0.1) is 11.4 Å². The summed E-state index contributed by atoms with van der Waals surface area (Å²) in [7, 11) is 0. The van der Waals surface area contributed by atoms with Crippen molar-refractivity contribution in [2.24, 2.45) is 0 Å². The van der Waals surface area contributed by atoms with Gasteiger partial charge in [-0.2, -0.15) is 5.10 Å². The van der Waals surface area contributed by atoms with Crippen LogP contribution in [0.2, 0.25) is 0 Å². The summed E-state index contributed by atoms with van der Waals surface area (Å²) in [6, 6.07) is 10.2. The maximum Gasteiger partial charge on any atom is 0.164 e. The summed E-state index contributed by atoms with van der Waals surface area (Å²) < 4.78 is 35.8. The largest absolute Gasteiger partial charge is 0.457 e. The number of hydrogen-bond acceptors (Lipinski definition) is 6. The number of ether oxygens (including phenoxy) is 1. The van der Waals surface area contributed by atoms with Crippen molar-refractivity contribution in [3.05, 3.63) is 60.4 Å². The van der Waals surface area contributed by atoms with Gasteiger partial charge in [0, 0.05) is 24.2 Å². The van der Waals surface area contributed by atoms with Crippen molar-refractivity contribution in [2.45, 2.75) is 12.5 Å². The number of benzene rings is 2. The van der Waals surface area contributed by atoms with Crippen LogP contribution in [0.3, 0.4) is 0 Å². The first-order valence-electron chi connectivity index (χ1n) is 9.53. The molecular weight excluding hydrogens is 390 g/mol. The van der Waals surface area contributed by atoms with Crippen LogP contribution in [0.25, 0.3) is 22.3 Å². The Morgan fingerprint density at radius 3 is 2.73 bits per heavy atom. The fourth-order valence-electron chi connectivity index (χ4n) is 3.70. The Morgan fingerprint density at radius 2 is 1.97 bits per heavy atom. The molecule has 2 aromatic heterocycles. The Bertz CT molecular complexity index is 1240. The molecule has 0 amide bonds. The predicted octanol–water partition coefficient (Wildman–Crippen LogP) is 3.68. The van der Waals surface area contributed by atoms with Crippen LogP contribution >= 0.6 is 0 Å². The van der Waals surface area contributed by atoms with E-state index < -0.39 is 11.6 Å². The molecule has 30 heavy (non-hydrogen) atoms. The molecule has 1 aliphatic heterocycles. The van der Waals surface area contributed by atoms with E-state index in [-0.39, 0.29) is 28.9 Å². The number of rotatable bonds is 4. The van der Waals surface area contributed by atoms with E-state index in [0.29, 0.717) is 16.7 Å². The first-order valence-corrected chi connectivity index (χ1v) is 9.53. The van der Waals surface area contributed by atoms with Crippen LogP contribution in [-0.4, -0.2) is 32.8 Å². The first-order chi connectivity index (χ1) is 14.6. The number of fused-ring (bicyclic) bond motifs is 1. The van der Waals surface area contributed by atoms with Crippen LogP contribution in [0.5, 0.6) is 11.5 Å². The van der Waals surface area contributed by atoms with Gasteiger partial charge in [-0.1, -0.05) is 6.07 Å². The SMILES string of the molecule is Nc1ncnc2c1c(-c1ccc(Oc3cccc(F)c3)cc1F)nn2[C@@H]1CCNC1. The summed E-state index contributed by atoms with van der Waals surface area (Å²) in [6.45, 7) is 1.63. The second-order valence-corrected chi connectivity index (χ2v) is 7.10. The van der Waals surface area contributed by atoms with E-state index in [1.54, 1.807) is 22.9 Å². The maximum atomic E-state index is 15.1. The van der Waals surface area contributed by atoms with Crippen LogP contribution < -0.4 is 15.8 Å². The lowest BCUT2D eigenvalue weighted by molar-refractivity contribution is 0.471.